The molecule has 0 aliphatic heterocycles. The summed E-state index contributed by atoms with van der Waals surface area (Å²) in [4.78, 5) is 29.3. The quantitative estimate of drug-likeness (QED) is 0.469. The van der Waals surface area contributed by atoms with Gasteiger partial charge in [0.1, 0.15) is 11.6 Å². The van der Waals surface area contributed by atoms with E-state index in [2.05, 4.69) is 20.7 Å². The van der Waals surface area contributed by atoms with Gasteiger partial charge in [0.05, 0.1) is 11.2 Å². The van der Waals surface area contributed by atoms with Gasteiger partial charge in [-0.1, -0.05) is 18.2 Å². The van der Waals surface area contributed by atoms with Gasteiger partial charge in [-0.3, -0.25) is 9.59 Å². The molecule has 4 rings (SSSR count). The predicted molar refractivity (Wildman–Crippen MR) is 121 cm³/mol. The Hall–Kier alpha value is -4.07. The van der Waals surface area contributed by atoms with Gasteiger partial charge in [0.2, 0.25) is 11.8 Å². The molecule has 0 bridgehead atoms. The Morgan fingerprint density at radius 1 is 0.938 bits per heavy atom. The Morgan fingerprint density at radius 2 is 1.62 bits per heavy atom. The molecule has 2 heterocycles. The summed E-state index contributed by atoms with van der Waals surface area (Å²) in [5, 5.41) is 11.0. The fourth-order valence-corrected chi connectivity index (χ4v) is 3.39. The highest BCUT2D eigenvalue weighted by Gasteiger charge is 2.14. The lowest BCUT2D eigenvalue weighted by Crippen LogP contribution is -2.19. The number of pyridine rings is 1. The maximum absolute atomic E-state index is 13.0. The SMILES string of the molecule is Cc1cc(NC(=O)CCC(=O)Nc2ccc(F)cc2)n(-c2cc(C)c3ccccc3n2)n1. The van der Waals surface area contributed by atoms with Crippen LogP contribution in [0.25, 0.3) is 16.7 Å². The van der Waals surface area contributed by atoms with Crippen molar-refractivity contribution < 1.29 is 14.0 Å². The minimum Gasteiger partial charge on any atom is -0.326 e. The number of anilines is 2. The van der Waals surface area contributed by atoms with Crippen LogP contribution in [0.2, 0.25) is 0 Å². The van der Waals surface area contributed by atoms with Crippen LogP contribution in [0.4, 0.5) is 15.9 Å². The minimum absolute atomic E-state index is 0.0103. The standard InChI is InChI=1S/C24H22FN5O2/c1-15-13-21(27-20-6-4-3-5-19(15)20)30-22(14-16(2)29-30)28-24(32)12-11-23(31)26-18-9-7-17(25)8-10-18/h3-10,13-14H,11-12H2,1-2H3,(H,26,31)(H,28,32). The van der Waals surface area contributed by atoms with E-state index in [1.807, 2.05) is 44.2 Å². The smallest absolute Gasteiger partial charge is 0.226 e. The van der Waals surface area contributed by atoms with E-state index in [1.165, 1.54) is 24.3 Å². The third-order valence-electron chi connectivity index (χ3n) is 4.93. The molecule has 0 fully saturated rings. The van der Waals surface area contributed by atoms with E-state index >= 15 is 0 Å². The molecule has 0 radical (unpaired) electrons. The number of halogens is 1. The Balaban J connectivity index is 1.44. The minimum atomic E-state index is -0.384. The van der Waals surface area contributed by atoms with Gasteiger partial charge in [-0.2, -0.15) is 9.78 Å². The molecule has 0 aliphatic rings. The number of carbonyl (C=O) groups is 2. The molecule has 2 aromatic heterocycles. The van der Waals surface area contributed by atoms with Crippen LogP contribution < -0.4 is 10.6 Å². The first kappa shape index (κ1) is 21.2. The number of nitrogens with one attached hydrogen (secondary N) is 2. The molecule has 0 atom stereocenters. The third-order valence-corrected chi connectivity index (χ3v) is 4.93. The van der Waals surface area contributed by atoms with E-state index in [1.54, 1.807) is 10.7 Å². The lowest BCUT2D eigenvalue weighted by atomic mass is 10.1. The second-order valence-corrected chi connectivity index (χ2v) is 7.50. The van der Waals surface area contributed by atoms with Crippen LogP contribution in [0.5, 0.6) is 0 Å². The van der Waals surface area contributed by atoms with Crippen molar-refractivity contribution in [1.82, 2.24) is 14.8 Å². The van der Waals surface area contributed by atoms with Crippen molar-refractivity contribution in [3.63, 3.8) is 0 Å². The highest BCUT2D eigenvalue weighted by Crippen LogP contribution is 2.22. The number of hydrogen-bond donors (Lipinski definition) is 2. The zero-order chi connectivity index (χ0) is 22.7. The van der Waals surface area contributed by atoms with E-state index in [0.717, 1.165) is 22.2 Å². The Bertz CT molecular complexity index is 1300. The maximum atomic E-state index is 13.0. The van der Waals surface area contributed by atoms with Gasteiger partial charge in [0, 0.05) is 30.0 Å². The Morgan fingerprint density at radius 3 is 2.38 bits per heavy atom. The molecule has 7 nitrogen and oxygen atoms in total. The topological polar surface area (TPSA) is 88.9 Å². The normalized spacial score (nSPS) is 10.8. The Kier molecular flexibility index (Phi) is 5.93. The second kappa shape index (κ2) is 8.97. The van der Waals surface area contributed by atoms with Crippen molar-refractivity contribution in [3.8, 4) is 5.82 Å². The molecule has 8 heteroatoms. The summed E-state index contributed by atoms with van der Waals surface area (Å²) in [6, 6.07) is 16.9. The number of amides is 2. The average Bonchev–Trinajstić information content (AvgIpc) is 3.14. The van der Waals surface area contributed by atoms with Crippen LogP contribution in [0.15, 0.2) is 60.7 Å². The summed E-state index contributed by atoms with van der Waals surface area (Å²) >= 11 is 0. The van der Waals surface area contributed by atoms with Crippen LogP contribution in [0.1, 0.15) is 24.1 Å². The van der Waals surface area contributed by atoms with Crippen LogP contribution in [0.3, 0.4) is 0 Å². The molecule has 0 saturated heterocycles. The van der Waals surface area contributed by atoms with E-state index in [-0.39, 0.29) is 30.5 Å². The molecule has 2 N–H and O–H groups in total. The molecule has 32 heavy (non-hydrogen) atoms. The number of hydrogen-bond acceptors (Lipinski definition) is 4. The number of rotatable bonds is 6. The molecular formula is C24H22FN5O2. The van der Waals surface area contributed by atoms with E-state index in [0.29, 0.717) is 17.3 Å². The first-order valence-corrected chi connectivity index (χ1v) is 10.2. The zero-order valence-electron chi connectivity index (χ0n) is 17.7. The highest BCUT2D eigenvalue weighted by atomic mass is 19.1. The van der Waals surface area contributed by atoms with Crippen molar-refractivity contribution >= 4 is 34.2 Å². The summed E-state index contributed by atoms with van der Waals surface area (Å²) in [5.74, 6) is 0.0406. The van der Waals surface area contributed by atoms with E-state index in [9.17, 15) is 14.0 Å². The summed E-state index contributed by atoms with van der Waals surface area (Å²) in [5.41, 5.74) is 3.09. The van der Waals surface area contributed by atoms with Crippen LogP contribution >= 0.6 is 0 Å². The Labute approximate surface area is 184 Å². The second-order valence-electron chi connectivity index (χ2n) is 7.50. The first-order chi connectivity index (χ1) is 15.4. The molecule has 162 valence electrons. The molecule has 0 saturated carbocycles. The lowest BCUT2D eigenvalue weighted by Gasteiger charge is -2.11. The number of benzene rings is 2. The molecule has 0 spiro atoms. The molecule has 4 aromatic rings. The summed E-state index contributed by atoms with van der Waals surface area (Å²) < 4.78 is 14.6. The molecule has 2 aromatic carbocycles. The van der Waals surface area contributed by atoms with Gasteiger partial charge in [-0.15, -0.1) is 0 Å². The molecular weight excluding hydrogens is 409 g/mol. The monoisotopic (exact) mass is 431 g/mol. The van der Waals surface area contributed by atoms with Gasteiger partial charge in [-0.05, 0) is 55.8 Å². The number of para-hydroxylation sites is 1. The van der Waals surface area contributed by atoms with Crippen LogP contribution in [-0.2, 0) is 9.59 Å². The van der Waals surface area contributed by atoms with Gasteiger partial charge in [-0.25, -0.2) is 9.37 Å². The highest BCUT2D eigenvalue weighted by molar-refractivity contribution is 5.96. The van der Waals surface area contributed by atoms with Gasteiger partial charge < -0.3 is 10.6 Å². The fourth-order valence-electron chi connectivity index (χ4n) is 3.39. The molecule has 0 unspecified atom stereocenters. The van der Waals surface area contributed by atoms with Crippen molar-refractivity contribution in [2.75, 3.05) is 10.6 Å². The summed E-state index contributed by atoms with van der Waals surface area (Å²) in [6.45, 7) is 3.83. The summed E-state index contributed by atoms with van der Waals surface area (Å²) in [6.07, 6.45) is -0.0227. The average molecular weight is 431 g/mol. The van der Waals surface area contributed by atoms with Crippen LogP contribution in [0, 0.1) is 19.7 Å². The van der Waals surface area contributed by atoms with Crippen LogP contribution in [-0.4, -0.2) is 26.6 Å². The predicted octanol–water partition coefficient (Wildman–Crippen LogP) is 4.53. The largest absolute Gasteiger partial charge is 0.326 e. The molecule has 0 aliphatic carbocycles. The van der Waals surface area contributed by atoms with Crippen molar-refractivity contribution in [2.24, 2.45) is 0 Å². The number of fused-ring (bicyclic) bond motifs is 1. The van der Waals surface area contributed by atoms with Gasteiger partial charge >= 0.3 is 0 Å². The third kappa shape index (κ3) is 4.80. The van der Waals surface area contributed by atoms with Crippen molar-refractivity contribution in [2.45, 2.75) is 26.7 Å². The van der Waals surface area contributed by atoms with Crippen molar-refractivity contribution in [1.29, 1.82) is 0 Å². The number of aryl methyl sites for hydroxylation is 2. The zero-order valence-corrected chi connectivity index (χ0v) is 17.7. The number of carbonyl (C=O) groups excluding carboxylic acids is 2. The van der Waals surface area contributed by atoms with Gasteiger partial charge in [0.15, 0.2) is 5.82 Å². The van der Waals surface area contributed by atoms with Gasteiger partial charge in [0.25, 0.3) is 0 Å². The maximum Gasteiger partial charge on any atom is 0.226 e. The first-order valence-electron chi connectivity index (χ1n) is 10.2. The fraction of sp³-hybridized carbons (Fsp3) is 0.167. The van der Waals surface area contributed by atoms with Crippen molar-refractivity contribution in [3.05, 3.63) is 77.7 Å². The van der Waals surface area contributed by atoms with E-state index in [4.69, 9.17) is 0 Å². The summed E-state index contributed by atoms with van der Waals surface area (Å²) in [7, 11) is 0. The lowest BCUT2D eigenvalue weighted by molar-refractivity contribution is -0.121. The van der Waals surface area contributed by atoms with E-state index < -0.39 is 0 Å². The molecule has 2 amide bonds. The number of aromatic nitrogens is 3. The number of nitrogens with zero attached hydrogens (tertiary/aromatic N) is 3.